The molecule has 0 bridgehead atoms. The zero-order chi connectivity index (χ0) is 30.0. The first-order chi connectivity index (χ1) is 20.2. The van der Waals surface area contributed by atoms with Crippen molar-refractivity contribution < 1.29 is 33.3 Å². The van der Waals surface area contributed by atoms with Crippen molar-refractivity contribution in [3.63, 3.8) is 0 Å². The number of aryl methyl sites for hydroxylation is 2. The van der Waals surface area contributed by atoms with Crippen LogP contribution in [0.25, 0.3) is 11.2 Å². The number of carboxylic acids is 1. The highest BCUT2D eigenvalue weighted by Gasteiger charge is 2.53. The molecule has 3 aromatic heterocycles. The lowest BCUT2D eigenvalue weighted by atomic mass is 10.0. The van der Waals surface area contributed by atoms with E-state index < -0.39 is 41.8 Å². The maximum absolute atomic E-state index is 13.2. The standard InChI is InChI=1S/C24H27FN10O5S2/c1-12-28-19-14(34(12)8-4-6-27-2)5-3-7-33(19)9-13-10-41-22-16(21(37)35(22)17(13)23(38)39)29-20(36)15(31-40-11-25)18-30-24(26)42-32-18/h3,5,7,16,22,27H,4,6,8-11H2,1-2H3,(H3-,26,29,30,32,36,38,39)/b31-15-. The normalized spacial score (nSPS) is 18.7. The van der Waals surface area contributed by atoms with E-state index in [4.69, 9.17) is 10.7 Å². The summed E-state index contributed by atoms with van der Waals surface area (Å²) in [5.41, 5.74) is 6.92. The van der Waals surface area contributed by atoms with Crippen LogP contribution >= 0.6 is 23.3 Å². The Morgan fingerprint density at radius 2 is 2.19 bits per heavy atom. The quantitative estimate of drug-likeness (QED) is 0.0697. The molecule has 0 aromatic carbocycles. The van der Waals surface area contributed by atoms with Gasteiger partial charge in [-0.3, -0.25) is 14.5 Å². The molecule has 2 aliphatic heterocycles. The molecule has 3 aromatic rings. The van der Waals surface area contributed by atoms with Crippen LogP contribution in [0, 0.1) is 6.92 Å². The van der Waals surface area contributed by atoms with Crippen LogP contribution in [-0.2, 0) is 32.3 Å². The van der Waals surface area contributed by atoms with Crippen LogP contribution in [0.15, 0.2) is 34.8 Å². The first-order valence-electron chi connectivity index (χ1n) is 12.8. The van der Waals surface area contributed by atoms with Gasteiger partial charge in [0.1, 0.15) is 23.5 Å². The maximum Gasteiger partial charge on any atom is 0.349 e. The Morgan fingerprint density at radius 3 is 2.88 bits per heavy atom. The molecule has 2 unspecified atom stereocenters. The lowest BCUT2D eigenvalue weighted by Gasteiger charge is -2.50. The number of fused-ring (bicyclic) bond motifs is 2. The molecule has 0 radical (unpaired) electrons. The number of oxime groups is 1. The summed E-state index contributed by atoms with van der Waals surface area (Å²) in [4.78, 5) is 52.5. The van der Waals surface area contributed by atoms with Crippen LogP contribution in [0.5, 0.6) is 0 Å². The molecule has 15 nitrogen and oxygen atoms in total. The smallest absolute Gasteiger partial charge is 0.349 e. The van der Waals surface area contributed by atoms with Gasteiger partial charge in [-0.25, -0.2) is 8.96 Å². The van der Waals surface area contributed by atoms with Gasteiger partial charge in [-0.1, -0.05) is 5.16 Å². The number of halogens is 1. The summed E-state index contributed by atoms with van der Waals surface area (Å²) in [5, 5.41) is 20.7. The number of nitrogens with one attached hydrogen (secondary N) is 2. The summed E-state index contributed by atoms with van der Waals surface area (Å²) in [6.07, 6.45) is 2.72. The number of aliphatic carboxylic acids is 1. The van der Waals surface area contributed by atoms with Gasteiger partial charge in [0, 0.05) is 36.3 Å². The molecule has 2 aliphatic rings. The van der Waals surface area contributed by atoms with Gasteiger partial charge in [-0.2, -0.15) is 9.36 Å². The van der Waals surface area contributed by atoms with Crippen molar-refractivity contribution in [2.45, 2.75) is 37.8 Å². The van der Waals surface area contributed by atoms with Crippen molar-refractivity contribution in [2.75, 3.05) is 31.9 Å². The van der Waals surface area contributed by atoms with E-state index in [0.717, 1.165) is 47.3 Å². The third kappa shape index (κ3) is 5.51. The van der Waals surface area contributed by atoms with Gasteiger partial charge >= 0.3 is 5.65 Å². The molecule has 42 heavy (non-hydrogen) atoms. The fourth-order valence-electron chi connectivity index (χ4n) is 4.89. The highest BCUT2D eigenvalue weighted by molar-refractivity contribution is 8.00. The van der Waals surface area contributed by atoms with E-state index in [2.05, 4.69) is 34.6 Å². The minimum Gasteiger partial charge on any atom is -0.543 e. The number of hydrogen-bond acceptors (Lipinski definition) is 13. The number of imidazole rings is 1. The fourth-order valence-corrected chi connectivity index (χ4v) is 6.66. The number of carboxylic acid groups (broad SMARTS) is 1. The van der Waals surface area contributed by atoms with Crippen LogP contribution in [0.2, 0.25) is 0 Å². The molecule has 0 aliphatic carbocycles. The molecular weight excluding hydrogens is 591 g/mol. The molecule has 1 fully saturated rings. The zero-order valence-corrected chi connectivity index (χ0v) is 24.2. The van der Waals surface area contributed by atoms with Gasteiger partial charge < -0.3 is 35.7 Å². The van der Waals surface area contributed by atoms with Gasteiger partial charge in [-0.15, -0.1) is 11.8 Å². The predicted octanol–water partition coefficient (Wildman–Crippen LogP) is -1.57. The predicted molar refractivity (Wildman–Crippen MR) is 148 cm³/mol. The molecule has 1 saturated heterocycles. The molecule has 4 N–H and O–H groups in total. The lowest BCUT2D eigenvalue weighted by molar-refractivity contribution is -0.664. The highest BCUT2D eigenvalue weighted by atomic mass is 32.2. The minimum absolute atomic E-state index is 0.0417. The van der Waals surface area contributed by atoms with Crippen LogP contribution < -0.4 is 26.0 Å². The van der Waals surface area contributed by atoms with Crippen molar-refractivity contribution in [3.05, 3.63) is 41.2 Å². The van der Waals surface area contributed by atoms with Gasteiger partial charge in [-0.05, 0) is 37.1 Å². The summed E-state index contributed by atoms with van der Waals surface area (Å²) in [6, 6.07) is 2.74. The number of rotatable bonds is 12. The Bertz CT molecular complexity index is 1610. The highest BCUT2D eigenvalue weighted by Crippen LogP contribution is 2.40. The topological polar surface area (TPSA) is 197 Å². The first kappa shape index (κ1) is 29.3. The van der Waals surface area contributed by atoms with Crippen molar-refractivity contribution in [3.8, 4) is 0 Å². The summed E-state index contributed by atoms with van der Waals surface area (Å²) in [6.45, 7) is 2.40. The SMILES string of the molecule is CNCCCn1c(C)nc2c1ccc[n+]2CC1=C(C(=O)[O-])N2C(=O)C(NC(=O)/C(=N\OCF)c3nsc(N)n3)C2SC1. The van der Waals surface area contributed by atoms with E-state index in [1.165, 1.54) is 11.8 Å². The minimum atomic E-state index is -1.50. The fraction of sp³-hybridized carbons (Fsp3) is 0.417. The first-order valence-corrected chi connectivity index (χ1v) is 14.6. The molecule has 5 heterocycles. The zero-order valence-electron chi connectivity index (χ0n) is 22.6. The average molecular weight is 619 g/mol. The second kappa shape index (κ2) is 12.4. The van der Waals surface area contributed by atoms with Crippen molar-refractivity contribution in [2.24, 2.45) is 5.16 Å². The Morgan fingerprint density at radius 1 is 1.38 bits per heavy atom. The van der Waals surface area contributed by atoms with Crippen LogP contribution in [0.1, 0.15) is 18.1 Å². The molecule has 18 heteroatoms. The number of carbonyl (C=O) groups is 3. The number of anilines is 1. The van der Waals surface area contributed by atoms with Crippen LogP contribution in [-0.4, -0.2) is 84.9 Å². The largest absolute Gasteiger partial charge is 0.543 e. The third-order valence-electron chi connectivity index (χ3n) is 6.74. The molecule has 2 amide bonds. The van der Waals surface area contributed by atoms with E-state index in [-0.39, 0.29) is 29.0 Å². The van der Waals surface area contributed by atoms with Crippen molar-refractivity contribution in [1.29, 1.82) is 0 Å². The summed E-state index contributed by atoms with van der Waals surface area (Å²) in [5.74, 6) is -2.18. The molecule has 0 saturated carbocycles. The molecule has 2 atom stereocenters. The van der Waals surface area contributed by atoms with Crippen molar-refractivity contribution >= 4 is 63.1 Å². The number of aromatic nitrogens is 5. The van der Waals surface area contributed by atoms with Crippen molar-refractivity contribution in [1.82, 2.24) is 34.4 Å². The Labute approximate surface area is 246 Å². The Kier molecular flexibility index (Phi) is 8.64. The van der Waals surface area contributed by atoms with E-state index in [9.17, 15) is 23.9 Å². The molecular formula is C24H27FN10O5S2. The molecule has 0 spiro atoms. The van der Waals surface area contributed by atoms with Crippen LogP contribution in [0.4, 0.5) is 9.52 Å². The number of nitrogens with zero attached hydrogens (tertiary/aromatic N) is 7. The maximum atomic E-state index is 13.2. The molecule has 5 rings (SSSR count). The van der Waals surface area contributed by atoms with Gasteiger partial charge in [0.25, 0.3) is 18.7 Å². The number of nitrogens with two attached hydrogens (primary N) is 1. The van der Waals surface area contributed by atoms with E-state index in [0.29, 0.717) is 11.2 Å². The average Bonchev–Trinajstić information content (AvgIpc) is 3.54. The number of alkyl halides is 1. The number of amides is 2. The van der Waals surface area contributed by atoms with Gasteiger partial charge in [0.2, 0.25) is 17.4 Å². The number of carbonyl (C=O) groups excluding carboxylic acids is 3. The van der Waals surface area contributed by atoms with E-state index in [1.807, 2.05) is 36.9 Å². The summed E-state index contributed by atoms with van der Waals surface area (Å²) in [7, 11) is 1.90. The number of nitrogen functional groups attached to an aromatic ring is 1. The Balaban J connectivity index is 1.37. The lowest BCUT2D eigenvalue weighted by Crippen LogP contribution is -2.71. The number of hydrogen-bond donors (Lipinski definition) is 3. The van der Waals surface area contributed by atoms with E-state index >= 15 is 0 Å². The second-order valence-corrected chi connectivity index (χ2v) is 11.2. The summed E-state index contributed by atoms with van der Waals surface area (Å²) >= 11 is 2.08. The van der Waals surface area contributed by atoms with Gasteiger partial charge in [0.15, 0.2) is 5.13 Å². The van der Waals surface area contributed by atoms with Gasteiger partial charge in [0.05, 0.1) is 17.9 Å². The summed E-state index contributed by atoms with van der Waals surface area (Å²) < 4.78 is 20.4. The third-order valence-corrected chi connectivity index (χ3v) is 8.62. The number of thioether (sulfide) groups is 1. The molecule has 222 valence electrons. The monoisotopic (exact) mass is 618 g/mol. The Hall–Kier alpha value is -4.16. The second-order valence-electron chi connectivity index (χ2n) is 9.35. The number of β-lactam (4-membered cyclic amide) rings is 1. The number of pyridine rings is 1. The van der Waals surface area contributed by atoms with Crippen LogP contribution in [0.3, 0.4) is 0 Å². The van der Waals surface area contributed by atoms with E-state index in [1.54, 1.807) is 0 Å².